The van der Waals surface area contributed by atoms with Crippen LogP contribution in [0.4, 0.5) is 0 Å². The highest BCUT2D eigenvalue weighted by atomic mass is 32.2. The lowest BCUT2D eigenvalue weighted by Gasteiger charge is -2.13. The average molecular weight is 196 g/mol. The van der Waals surface area contributed by atoms with Gasteiger partial charge in [-0.1, -0.05) is 11.8 Å². The number of rotatable bonds is 3. The van der Waals surface area contributed by atoms with E-state index in [1.165, 1.54) is 0 Å². The van der Waals surface area contributed by atoms with Crippen LogP contribution >= 0.6 is 11.8 Å². The number of nitrogens with one attached hydrogen (secondary N) is 2. The molecule has 2 N–H and O–H groups in total. The van der Waals surface area contributed by atoms with Crippen LogP contribution in [0.2, 0.25) is 0 Å². The van der Waals surface area contributed by atoms with Crippen LogP contribution in [0.15, 0.2) is 22.5 Å². The zero-order valence-electron chi connectivity index (χ0n) is 7.29. The smallest absolute Gasteiger partial charge is 0.165 e. The molecule has 70 valence electrons. The summed E-state index contributed by atoms with van der Waals surface area (Å²) < 4.78 is 0. The Hall–Kier alpha value is -0.970. The first-order valence-electron chi connectivity index (χ1n) is 4.34. The molecule has 1 aliphatic rings. The molecule has 0 amide bonds. The summed E-state index contributed by atoms with van der Waals surface area (Å²) in [4.78, 5) is 11.5. The molecule has 2 heterocycles. The van der Waals surface area contributed by atoms with Crippen molar-refractivity contribution in [1.29, 1.82) is 0 Å². The Kier molecular flexibility index (Phi) is 2.86. The molecule has 1 aromatic heterocycles. The first-order valence-corrected chi connectivity index (χ1v) is 5.33. The first kappa shape index (κ1) is 8.62. The van der Waals surface area contributed by atoms with Gasteiger partial charge in [0, 0.05) is 25.5 Å². The van der Waals surface area contributed by atoms with Crippen LogP contribution in [0.3, 0.4) is 0 Å². The van der Waals surface area contributed by atoms with Gasteiger partial charge in [0.15, 0.2) is 5.16 Å². The summed E-state index contributed by atoms with van der Waals surface area (Å²) in [6.45, 7) is 2.01. The molecule has 0 atom stereocenters. The van der Waals surface area contributed by atoms with Crippen LogP contribution in [-0.2, 0) is 0 Å². The van der Waals surface area contributed by atoms with Crippen molar-refractivity contribution >= 4 is 17.6 Å². The van der Waals surface area contributed by atoms with Crippen molar-refractivity contribution in [3.05, 3.63) is 12.4 Å². The topological polar surface area (TPSA) is 53.1 Å². The summed E-state index contributed by atoms with van der Waals surface area (Å²) in [7, 11) is 0. The minimum Gasteiger partial charge on any atom is -0.373 e. The van der Waals surface area contributed by atoms with Crippen molar-refractivity contribution in [1.82, 2.24) is 15.3 Å². The second kappa shape index (κ2) is 4.32. The van der Waals surface area contributed by atoms with E-state index < -0.39 is 0 Å². The van der Waals surface area contributed by atoms with Gasteiger partial charge >= 0.3 is 0 Å². The van der Waals surface area contributed by atoms with E-state index in [9.17, 15) is 0 Å². The van der Waals surface area contributed by atoms with Crippen molar-refractivity contribution in [2.75, 3.05) is 18.8 Å². The molecule has 2 rings (SSSR count). The highest BCUT2D eigenvalue weighted by molar-refractivity contribution is 7.99. The Labute approximate surface area is 81.2 Å². The van der Waals surface area contributed by atoms with Crippen LogP contribution in [0.25, 0.3) is 0 Å². The van der Waals surface area contributed by atoms with Crippen molar-refractivity contribution in [3.8, 4) is 0 Å². The Bertz CT molecular complexity index is 280. The number of H-pyrrole nitrogens is 1. The molecule has 0 radical (unpaired) electrons. The Morgan fingerprint density at radius 3 is 3.23 bits per heavy atom. The van der Waals surface area contributed by atoms with E-state index in [1.54, 1.807) is 18.0 Å². The minimum absolute atomic E-state index is 0.882. The zero-order valence-corrected chi connectivity index (χ0v) is 8.10. The summed E-state index contributed by atoms with van der Waals surface area (Å²) in [6.07, 6.45) is 4.74. The molecule has 0 bridgehead atoms. The second-order valence-corrected chi connectivity index (χ2v) is 3.76. The van der Waals surface area contributed by atoms with Gasteiger partial charge in [0.05, 0.1) is 5.75 Å². The van der Waals surface area contributed by atoms with Crippen LogP contribution in [0, 0.1) is 0 Å². The largest absolute Gasteiger partial charge is 0.373 e. The lowest BCUT2D eigenvalue weighted by atomic mass is 10.4. The number of hydrogen-bond acceptors (Lipinski definition) is 4. The molecule has 0 aliphatic carbocycles. The van der Waals surface area contributed by atoms with E-state index in [-0.39, 0.29) is 0 Å². The Morgan fingerprint density at radius 1 is 1.54 bits per heavy atom. The molecule has 1 aliphatic heterocycles. The number of aromatic nitrogens is 2. The highest BCUT2D eigenvalue weighted by Crippen LogP contribution is 2.11. The maximum absolute atomic E-state index is 4.37. The van der Waals surface area contributed by atoms with Gasteiger partial charge in [-0.2, -0.15) is 0 Å². The molecular formula is C8H12N4S. The van der Waals surface area contributed by atoms with E-state index in [0.29, 0.717) is 0 Å². The number of amidine groups is 1. The van der Waals surface area contributed by atoms with Gasteiger partial charge < -0.3 is 10.3 Å². The monoisotopic (exact) mass is 196 g/mol. The molecule has 13 heavy (non-hydrogen) atoms. The average Bonchev–Trinajstić information content (AvgIpc) is 2.69. The van der Waals surface area contributed by atoms with Gasteiger partial charge in [0.25, 0.3) is 0 Å². The Balaban J connectivity index is 1.82. The fourth-order valence-electron chi connectivity index (χ4n) is 1.14. The fourth-order valence-corrected chi connectivity index (χ4v) is 1.90. The third-order valence-electron chi connectivity index (χ3n) is 1.79. The molecule has 1 aromatic rings. The van der Waals surface area contributed by atoms with Crippen LogP contribution in [0.5, 0.6) is 0 Å². The SMILES string of the molecule is c1c[nH]c(SCC2=NCCCN2)n1. The van der Waals surface area contributed by atoms with E-state index >= 15 is 0 Å². The summed E-state index contributed by atoms with van der Waals surface area (Å²) in [6, 6.07) is 0. The maximum Gasteiger partial charge on any atom is 0.165 e. The predicted molar refractivity (Wildman–Crippen MR) is 54.2 cm³/mol. The van der Waals surface area contributed by atoms with Crippen LogP contribution in [0.1, 0.15) is 6.42 Å². The van der Waals surface area contributed by atoms with Crippen molar-refractivity contribution in [3.63, 3.8) is 0 Å². The quantitative estimate of drug-likeness (QED) is 0.706. The molecule has 4 nitrogen and oxygen atoms in total. The molecule has 0 aromatic carbocycles. The third-order valence-corrected chi connectivity index (χ3v) is 2.70. The van der Waals surface area contributed by atoms with Gasteiger partial charge in [-0.05, 0) is 6.42 Å². The van der Waals surface area contributed by atoms with E-state index in [0.717, 1.165) is 36.3 Å². The minimum atomic E-state index is 0.882. The number of aliphatic imine (C=N–C) groups is 1. The van der Waals surface area contributed by atoms with E-state index in [1.807, 2.05) is 6.20 Å². The van der Waals surface area contributed by atoms with Crippen molar-refractivity contribution in [2.24, 2.45) is 4.99 Å². The summed E-state index contributed by atoms with van der Waals surface area (Å²) in [5.74, 6) is 1.97. The van der Waals surface area contributed by atoms with Gasteiger partial charge in [-0.3, -0.25) is 4.99 Å². The zero-order chi connectivity index (χ0) is 8.93. The normalized spacial score (nSPS) is 16.5. The molecule has 0 saturated carbocycles. The van der Waals surface area contributed by atoms with Gasteiger partial charge in [0.1, 0.15) is 5.84 Å². The first-order chi connectivity index (χ1) is 6.45. The molecule has 0 saturated heterocycles. The van der Waals surface area contributed by atoms with E-state index in [4.69, 9.17) is 0 Å². The molecule has 0 fully saturated rings. The van der Waals surface area contributed by atoms with E-state index in [2.05, 4.69) is 20.3 Å². The standard InChI is InChI=1S/C8H12N4S/c1-2-9-7(10-3-1)6-13-8-11-4-5-12-8/h4-5H,1-3,6H2,(H,9,10)(H,11,12). The third kappa shape index (κ3) is 2.48. The van der Waals surface area contributed by atoms with Crippen molar-refractivity contribution in [2.45, 2.75) is 11.6 Å². The number of thioether (sulfide) groups is 1. The maximum atomic E-state index is 4.37. The molecule has 0 unspecified atom stereocenters. The van der Waals surface area contributed by atoms with Gasteiger partial charge in [0.2, 0.25) is 0 Å². The lowest BCUT2D eigenvalue weighted by Crippen LogP contribution is -2.31. The van der Waals surface area contributed by atoms with Gasteiger partial charge in [-0.25, -0.2) is 4.98 Å². The number of aromatic amines is 1. The Morgan fingerprint density at radius 2 is 2.54 bits per heavy atom. The van der Waals surface area contributed by atoms with Crippen LogP contribution in [-0.4, -0.2) is 34.6 Å². The van der Waals surface area contributed by atoms with Crippen LogP contribution < -0.4 is 5.32 Å². The fraction of sp³-hybridized carbons (Fsp3) is 0.500. The lowest BCUT2D eigenvalue weighted by molar-refractivity contribution is 0.739. The molecule has 0 spiro atoms. The highest BCUT2D eigenvalue weighted by Gasteiger charge is 2.04. The summed E-state index contributed by atoms with van der Waals surface area (Å²) >= 11 is 1.67. The summed E-state index contributed by atoms with van der Waals surface area (Å²) in [5.41, 5.74) is 0. The van der Waals surface area contributed by atoms with Gasteiger partial charge in [-0.15, -0.1) is 0 Å². The number of hydrogen-bond donors (Lipinski definition) is 2. The summed E-state index contributed by atoms with van der Waals surface area (Å²) in [5, 5.41) is 4.22. The second-order valence-electron chi connectivity index (χ2n) is 2.79. The molecule has 5 heteroatoms. The predicted octanol–water partition coefficient (Wildman–Crippen LogP) is 0.894. The molecular weight excluding hydrogens is 184 g/mol. The number of nitrogens with zero attached hydrogens (tertiary/aromatic N) is 2. The number of imidazole rings is 1. The van der Waals surface area contributed by atoms with Crippen molar-refractivity contribution < 1.29 is 0 Å².